The zero-order valence-corrected chi connectivity index (χ0v) is 18.5. The van der Waals surface area contributed by atoms with Crippen LogP contribution >= 0.6 is 0 Å². The maximum atomic E-state index is 5.79. The van der Waals surface area contributed by atoms with Crippen molar-refractivity contribution >= 4 is 0 Å². The fourth-order valence-corrected chi connectivity index (χ4v) is 3.10. The Morgan fingerprint density at radius 1 is 0.400 bits per heavy atom. The van der Waals surface area contributed by atoms with Crippen LogP contribution in [0.15, 0.2) is 24.3 Å². The Labute approximate surface area is 181 Å². The highest BCUT2D eigenvalue weighted by Gasteiger charge is 2.09. The highest BCUT2D eigenvalue weighted by Crippen LogP contribution is 2.00. The van der Waals surface area contributed by atoms with E-state index in [2.05, 4.69) is 23.0 Å². The molecule has 2 aliphatic rings. The van der Waals surface area contributed by atoms with Crippen LogP contribution in [0.3, 0.4) is 0 Å². The van der Waals surface area contributed by atoms with Crippen molar-refractivity contribution in [3.8, 4) is 0 Å². The smallest absolute Gasteiger partial charge is 0.0701 e. The predicted molar refractivity (Wildman–Crippen MR) is 116 cm³/mol. The summed E-state index contributed by atoms with van der Waals surface area (Å²) in [4.78, 5) is 4.58. The standard InChI is InChI=1S/C22H40N2O6/c1-21-17-27-11-5-23-3-9-25-15-16-26-10-4-24(6-12-28-18-21)8-14-30-20-22(2)19-29-13-7-23/h1-20H2. The van der Waals surface area contributed by atoms with Gasteiger partial charge in [-0.15, -0.1) is 0 Å². The summed E-state index contributed by atoms with van der Waals surface area (Å²) in [6, 6.07) is 0. The summed E-state index contributed by atoms with van der Waals surface area (Å²) >= 11 is 0. The molecule has 0 amide bonds. The first kappa shape index (κ1) is 25.4. The summed E-state index contributed by atoms with van der Waals surface area (Å²) < 4.78 is 34.7. The van der Waals surface area contributed by atoms with E-state index in [1.54, 1.807) is 0 Å². The van der Waals surface area contributed by atoms with Gasteiger partial charge in [-0.3, -0.25) is 9.80 Å². The molecule has 2 aliphatic heterocycles. The highest BCUT2D eigenvalue weighted by atomic mass is 16.5. The molecule has 0 unspecified atom stereocenters. The van der Waals surface area contributed by atoms with Gasteiger partial charge in [0.15, 0.2) is 0 Å². The second-order valence-electron chi connectivity index (χ2n) is 7.62. The molecule has 8 nitrogen and oxygen atoms in total. The summed E-state index contributed by atoms with van der Waals surface area (Å²) in [6.45, 7) is 20.2. The summed E-state index contributed by atoms with van der Waals surface area (Å²) in [5.74, 6) is 0. The largest absolute Gasteiger partial charge is 0.378 e. The minimum absolute atomic E-state index is 0.520. The molecule has 2 heterocycles. The molecule has 2 saturated heterocycles. The van der Waals surface area contributed by atoms with E-state index in [-0.39, 0.29) is 0 Å². The molecule has 0 saturated carbocycles. The van der Waals surface area contributed by atoms with Crippen LogP contribution in [0.4, 0.5) is 0 Å². The molecule has 0 aliphatic carbocycles. The summed E-state index contributed by atoms with van der Waals surface area (Å²) in [6.07, 6.45) is 0. The minimum Gasteiger partial charge on any atom is -0.378 e. The molecule has 2 bridgehead atoms. The fourth-order valence-electron chi connectivity index (χ4n) is 3.10. The van der Waals surface area contributed by atoms with Gasteiger partial charge < -0.3 is 28.4 Å². The Balaban J connectivity index is 1.96. The Morgan fingerprint density at radius 3 is 0.967 bits per heavy atom. The Hall–Kier alpha value is -0.840. The average molecular weight is 429 g/mol. The second-order valence-corrected chi connectivity index (χ2v) is 7.62. The van der Waals surface area contributed by atoms with Gasteiger partial charge in [-0.1, -0.05) is 13.2 Å². The van der Waals surface area contributed by atoms with Crippen molar-refractivity contribution in [2.45, 2.75) is 0 Å². The van der Waals surface area contributed by atoms with Gasteiger partial charge in [0.1, 0.15) is 0 Å². The van der Waals surface area contributed by atoms with Crippen LogP contribution in [-0.2, 0) is 28.4 Å². The third kappa shape index (κ3) is 12.8. The Bertz CT molecular complexity index is 407. The van der Waals surface area contributed by atoms with E-state index >= 15 is 0 Å². The molecule has 0 spiro atoms. The van der Waals surface area contributed by atoms with Crippen LogP contribution in [0, 0.1) is 0 Å². The van der Waals surface area contributed by atoms with E-state index in [9.17, 15) is 0 Å². The van der Waals surface area contributed by atoms with Crippen LogP contribution in [0.5, 0.6) is 0 Å². The first-order valence-corrected chi connectivity index (χ1v) is 11.0. The SMILES string of the molecule is C=C1COCCN2CCOCCOCCN(CCOC1)CCOCC(=C)COCC2. The molecule has 0 aromatic rings. The van der Waals surface area contributed by atoms with Gasteiger partial charge in [0.25, 0.3) is 0 Å². The summed E-state index contributed by atoms with van der Waals surface area (Å²) in [5, 5.41) is 0. The van der Waals surface area contributed by atoms with Crippen molar-refractivity contribution in [2.75, 3.05) is 119 Å². The molecule has 30 heavy (non-hydrogen) atoms. The minimum atomic E-state index is 0.520. The molecular formula is C22H40N2O6. The lowest BCUT2D eigenvalue weighted by Gasteiger charge is -2.23. The maximum absolute atomic E-state index is 5.79. The summed E-state index contributed by atoms with van der Waals surface area (Å²) in [7, 11) is 0. The number of rotatable bonds is 0. The number of ether oxygens (including phenoxy) is 6. The molecule has 2 fully saturated rings. The van der Waals surface area contributed by atoms with Gasteiger partial charge in [-0.05, 0) is 11.1 Å². The van der Waals surface area contributed by atoms with Crippen LogP contribution < -0.4 is 0 Å². The third-order valence-corrected chi connectivity index (χ3v) is 4.91. The topological polar surface area (TPSA) is 61.9 Å². The maximum Gasteiger partial charge on any atom is 0.0701 e. The van der Waals surface area contributed by atoms with Crippen molar-refractivity contribution in [3.63, 3.8) is 0 Å². The monoisotopic (exact) mass is 428 g/mol. The van der Waals surface area contributed by atoms with Crippen molar-refractivity contribution in [1.29, 1.82) is 0 Å². The van der Waals surface area contributed by atoms with Gasteiger partial charge in [-0.2, -0.15) is 0 Å². The van der Waals surface area contributed by atoms with E-state index in [4.69, 9.17) is 28.4 Å². The fraction of sp³-hybridized carbons (Fsp3) is 0.818. The number of nitrogens with zero attached hydrogens (tertiary/aromatic N) is 2. The number of hydrogen-bond donors (Lipinski definition) is 0. The quantitative estimate of drug-likeness (QED) is 0.415. The van der Waals surface area contributed by atoms with Crippen molar-refractivity contribution in [3.05, 3.63) is 24.3 Å². The third-order valence-electron chi connectivity index (χ3n) is 4.91. The van der Waals surface area contributed by atoms with Crippen molar-refractivity contribution < 1.29 is 28.4 Å². The van der Waals surface area contributed by atoms with Crippen molar-refractivity contribution in [2.24, 2.45) is 0 Å². The van der Waals surface area contributed by atoms with Crippen molar-refractivity contribution in [1.82, 2.24) is 9.80 Å². The van der Waals surface area contributed by atoms with Gasteiger partial charge in [0.05, 0.1) is 79.3 Å². The second kappa shape index (κ2) is 16.8. The van der Waals surface area contributed by atoms with Gasteiger partial charge in [-0.25, -0.2) is 0 Å². The highest BCUT2D eigenvalue weighted by molar-refractivity contribution is 4.95. The molecular weight excluding hydrogens is 388 g/mol. The van der Waals surface area contributed by atoms with Crippen LogP contribution in [0.2, 0.25) is 0 Å². The lowest BCUT2D eigenvalue weighted by molar-refractivity contribution is 0.0219. The molecule has 0 N–H and O–H groups in total. The Morgan fingerprint density at radius 2 is 0.667 bits per heavy atom. The average Bonchev–Trinajstić information content (AvgIpc) is 2.74. The van der Waals surface area contributed by atoms with Gasteiger partial charge in [0.2, 0.25) is 0 Å². The normalized spacial score (nSPS) is 28.9. The zero-order chi connectivity index (χ0) is 21.3. The van der Waals surface area contributed by atoms with E-state index in [0.717, 1.165) is 50.4 Å². The molecule has 0 aromatic carbocycles. The van der Waals surface area contributed by atoms with Crippen LogP contribution in [0.1, 0.15) is 0 Å². The number of fused-ring (bicyclic) bond motifs is 9. The van der Waals surface area contributed by atoms with E-state index in [1.807, 2.05) is 0 Å². The van der Waals surface area contributed by atoms with E-state index in [1.165, 1.54) is 0 Å². The molecule has 174 valence electrons. The predicted octanol–water partition coefficient (Wildman–Crippen LogP) is 0.830. The molecule has 2 rings (SSSR count). The molecule has 8 heteroatoms. The lowest BCUT2D eigenvalue weighted by Crippen LogP contribution is -2.34. The molecule has 0 radical (unpaired) electrons. The zero-order valence-electron chi connectivity index (χ0n) is 18.5. The van der Waals surface area contributed by atoms with Gasteiger partial charge in [0, 0.05) is 39.3 Å². The Kier molecular flexibility index (Phi) is 14.2. The number of hydrogen-bond acceptors (Lipinski definition) is 8. The van der Waals surface area contributed by atoms with Crippen LogP contribution in [-0.4, -0.2) is 128 Å². The van der Waals surface area contributed by atoms with Crippen LogP contribution in [0.25, 0.3) is 0 Å². The molecule has 0 atom stereocenters. The van der Waals surface area contributed by atoms with E-state index < -0.39 is 0 Å². The summed E-state index contributed by atoms with van der Waals surface area (Å²) in [5.41, 5.74) is 1.91. The van der Waals surface area contributed by atoms with E-state index in [0.29, 0.717) is 79.3 Å². The van der Waals surface area contributed by atoms with Gasteiger partial charge >= 0.3 is 0 Å². The lowest BCUT2D eigenvalue weighted by atomic mass is 10.3. The first-order valence-electron chi connectivity index (χ1n) is 11.0. The first-order chi connectivity index (χ1) is 14.7. The molecule has 0 aromatic heterocycles.